The zero-order valence-electron chi connectivity index (χ0n) is 9.99. The van der Waals surface area contributed by atoms with E-state index in [0.717, 1.165) is 16.8 Å². The fourth-order valence-corrected chi connectivity index (χ4v) is 2.02. The Morgan fingerprint density at radius 2 is 1.84 bits per heavy atom. The zero-order valence-corrected chi connectivity index (χ0v) is 10.7. The average molecular weight is 271 g/mol. The van der Waals surface area contributed by atoms with Gasteiger partial charge in [-0.2, -0.15) is 5.10 Å². The van der Waals surface area contributed by atoms with Crippen LogP contribution in [0, 0.1) is 0 Å². The Balaban J connectivity index is 2.00. The van der Waals surface area contributed by atoms with Gasteiger partial charge in [0.2, 0.25) is 0 Å². The maximum Gasteiger partial charge on any atom is 0.172 e. The molecule has 0 fully saturated rings. The van der Waals surface area contributed by atoms with Crippen molar-refractivity contribution < 1.29 is 0 Å². The predicted octanol–water partition coefficient (Wildman–Crippen LogP) is 3.17. The Labute approximate surface area is 115 Å². The number of pyridine rings is 1. The summed E-state index contributed by atoms with van der Waals surface area (Å²) in [6, 6.07) is 11.2. The Kier molecular flexibility index (Phi) is 2.93. The van der Waals surface area contributed by atoms with E-state index in [2.05, 4.69) is 10.1 Å². The van der Waals surface area contributed by atoms with Gasteiger partial charge in [0.25, 0.3) is 0 Å². The fourth-order valence-electron chi connectivity index (χ4n) is 1.81. The minimum atomic E-state index is 0.564. The van der Waals surface area contributed by atoms with E-state index < -0.39 is 0 Å². The van der Waals surface area contributed by atoms with Crippen molar-refractivity contribution in [2.45, 2.75) is 0 Å². The molecule has 0 saturated carbocycles. The summed E-state index contributed by atoms with van der Waals surface area (Å²) >= 11 is 6.09. The lowest BCUT2D eigenvalue weighted by atomic mass is 10.1. The van der Waals surface area contributed by atoms with E-state index in [1.54, 1.807) is 29.2 Å². The van der Waals surface area contributed by atoms with E-state index >= 15 is 0 Å². The number of rotatable bonds is 2. The number of nitrogens with zero attached hydrogens (tertiary/aromatic N) is 3. The van der Waals surface area contributed by atoms with Crippen LogP contribution in [0.1, 0.15) is 0 Å². The molecule has 3 aromatic rings. The minimum Gasteiger partial charge on any atom is -0.399 e. The minimum absolute atomic E-state index is 0.564. The van der Waals surface area contributed by atoms with Crippen molar-refractivity contribution in [1.29, 1.82) is 0 Å². The van der Waals surface area contributed by atoms with Gasteiger partial charge in [-0.05, 0) is 29.8 Å². The number of hydrogen-bond acceptors (Lipinski definition) is 3. The van der Waals surface area contributed by atoms with Crippen LogP contribution in [0.15, 0.2) is 55.0 Å². The number of aromatic nitrogens is 3. The highest BCUT2D eigenvalue weighted by Crippen LogP contribution is 2.22. The van der Waals surface area contributed by atoms with Gasteiger partial charge in [-0.3, -0.25) is 0 Å². The van der Waals surface area contributed by atoms with Crippen molar-refractivity contribution in [3.63, 3.8) is 0 Å². The van der Waals surface area contributed by atoms with Crippen LogP contribution in [0.3, 0.4) is 0 Å². The summed E-state index contributed by atoms with van der Waals surface area (Å²) in [5, 5.41) is 4.85. The zero-order chi connectivity index (χ0) is 13.2. The first kappa shape index (κ1) is 11.7. The lowest BCUT2D eigenvalue weighted by Gasteiger charge is -2.01. The van der Waals surface area contributed by atoms with Crippen LogP contribution in [-0.4, -0.2) is 14.8 Å². The second-order valence-corrected chi connectivity index (χ2v) is 4.51. The topological polar surface area (TPSA) is 56.7 Å². The Morgan fingerprint density at radius 3 is 2.58 bits per heavy atom. The van der Waals surface area contributed by atoms with E-state index in [4.69, 9.17) is 17.3 Å². The molecule has 2 aromatic heterocycles. The van der Waals surface area contributed by atoms with Gasteiger partial charge in [-0.1, -0.05) is 23.7 Å². The molecule has 0 aliphatic heterocycles. The van der Waals surface area contributed by atoms with Gasteiger partial charge in [-0.25, -0.2) is 9.67 Å². The smallest absolute Gasteiger partial charge is 0.172 e. The summed E-state index contributed by atoms with van der Waals surface area (Å²) in [6.07, 6.45) is 5.35. The van der Waals surface area contributed by atoms with Crippen molar-refractivity contribution >= 4 is 17.3 Å². The molecule has 0 radical (unpaired) electrons. The molecule has 0 amide bonds. The van der Waals surface area contributed by atoms with Gasteiger partial charge in [0.15, 0.2) is 5.82 Å². The van der Waals surface area contributed by atoms with Gasteiger partial charge >= 0.3 is 0 Å². The van der Waals surface area contributed by atoms with Gasteiger partial charge in [0.05, 0.1) is 11.2 Å². The quantitative estimate of drug-likeness (QED) is 0.728. The summed E-state index contributed by atoms with van der Waals surface area (Å²) in [4.78, 5) is 4.22. The normalized spacial score (nSPS) is 10.6. The number of hydrogen-bond donors (Lipinski definition) is 1. The van der Waals surface area contributed by atoms with Crippen molar-refractivity contribution in [3.05, 3.63) is 60.0 Å². The second-order valence-electron chi connectivity index (χ2n) is 4.10. The molecule has 3 rings (SSSR count). The molecule has 0 bridgehead atoms. The maximum atomic E-state index is 6.09. The number of anilines is 1. The first-order valence-corrected chi connectivity index (χ1v) is 6.13. The van der Waals surface area contributed by atoms with E-state index in [9.17, 15) is 0 Å². The molecule has 0 aliphatic rings. The van der Waals surface area contributed by atoms with Crippen LogP contribution in [0.25, 0.3) is 16.9 Å². The van der Waals surface area contributed by atoms with Crippen LogP contribution in [0.5, 0.6) is 0 Å². The lowest BCUT2D eigenvalue weighted by molar-refractivity contribution is 0.847. The Morgan fingerprint density at radius 1 is 1.05 bits per heavy atom. The van der Waals surface area contributed by atoms with Crippen molar-refractivity contribution in [1.82, 2.24) is 14.8 Å². The summed E-state index contributed by atoms with van der Waals surface area (Å²) in [5.41, 5.74) is 8.45. The van der Waals surface area contributed by atoms with Gasteiger partial charge < -0.3 is 5.73 Å². The van der Waals surface area contributed by atoms with Crippen LogP contribution in [0.4, 0.5) is 5.69 Å². The highest BCUT2D eigenvalue weighted by atomic mass is 35.5. The second kappa shape index (κ2) is 4.74. The van der Waals surface area contributed by atoms with E-state index in [0.29, 0.717) is 10.8 Å². The van der Waals surface area contributed by atoms with Crippen LogP contribution in [-0.2, 0) is 0 Å². The highest BCUT2D eigenvalue weighted by molar-refractivity contribution is 6.32. The Hall–Kier alpha value is -2.33. The van der Waals surface area contributed by atoms with Gasteiger partial charge in [0.1, 0.15) is 0 Å². The third-order valence-corrected chi connectivity index (χ3v) is 3.08. The standard InChI is InChI=1S/C14H11ClN4/c15-13-2-1-7-17-14(13)19-9-11(8-18-19)10-3-5-12(16)6-4-10/h1-9H,16H2. The molecule has 2 heterocycles. The van der Waals surface area contributed by atoms with Gasteiger partial charge in [0, 0.05) is 23.6 Å². The number of nitrogens with two attached hydrogens (primary N) is 1. The molecular weight excluding hydrogens is 260 g/mol. The highest BCUT2D eigenvalue weighted by Gasteiger charge is 2.07. The maximum absolute atomic E-state index is 6.09. The molecule has 0 atom stereocenters. The lowest BCUT2D eigenvalue weighted by Crippen LogP contribution is -1.97. The molecule has 0 unspecified atom stereocenters. The Bertz CT molecular complexity index is 703. The molecule has 0 spiro atoms. The third-order valence-electron chi connectivity index (χ3n) is 2.78. The molecule has 1 aromatic carbocycles. The molecule has 19 heavy (non-hydrogen) atoms. The molecule has 94 valence electrons. The monoisotopic (exact) mass is 270 g/mol. The van der Waals surface area contributed by atoms with Gasteiger partial charge in [-0.15, -0.1) is 0 Å². The molecule has 4 nitrogen and oxygen atoms in total. The van der Waals surface area contributed by atoms with E-state index in [1.807, 2.05) is 30.5 Å². The summed E-state index contributed by atoms with van der Waals surface area (Å²) < 4.78 is 1.66. The molecule has 2 N–H and O–H groups in total. The van der Waals surface area contributed by atoms with Crippen LogP contribution < -0.4 is 5.73 Å². The number of nitrogen functional groups attached to an aromatic ring is 1. The summed E-state index contributed by atoms with van der Waals surface area (Å²) in [6.45, 7) is 0. The van der Waals surface area contributed by atoms with E-state index in [1.165, 1.54) is 0 Å². The number of benzene rings is 1. The fraction of sp³-hybridized carbons (Fsp3) is 0. The molecular formula is C14H11ClN4. The average Bonchev–Trinajstić information content (AvgIpc) is 2.89. The molecule has 0 saturated heterocycles. The van der Waals surface area contributed by atoms with Crippen molar-refractivity contribution in [2.24, 2.45) is 0 Å². The predicted molar refractivity (Wildman–Crippen MR) is 76.2 cm³/mol. The molecule has 0 aliphatic carbocycles. The van der Waals surface area contributed by atoms with Crippen molar-refractivity contribution in [3.8, 4) is 16.9 Å². The van der Waals surface area contributed by atoms with E-state index in [-0.39, 0.29) is 0 Å². The largest absolute Gasteiger partial charge is 0.399 e. The van der Waals surface area contributed by atoms with Crippen molar-refractivity contribution in [2.75, 3.05) is 5.73 Å². The summed E-state index contributed by atoms with van der Waals surface area (Å²) in [7, 11) is 0. The van der Waals surface area contributed by atoms with Crippen LogP contribution >= 0.6 is 11.6 Å². The first-order valence-electron chi connectivity index (χ1n) is 5.75. The third kappa shape index (κ3) is 2.30. The summed E-state index contributed by atoms with van der Waals surface area (Å²) in [5.74, 6) is 0.617. The number of halogens is 1. The SMILES string of the molecule is Nc1ccc(-c2cnn(-c3ncccc3Cl)c2)cc1. The molecule has 5 heteroatoms. The first-order chi connectivity index (χ1) is 9.24. The van der Waals surface area contributed by atoms with Crippen LogP contribution in [0.2, 0.25) is 5.02 Å².